The number of benzene rings is 1. The van der Waals surface area contributed by atoms with Crippen LogP contribution in [0.1, 0.15) is 22.8 Å². The number of aryl methyl sites for hydroxylation is 1. The minimum atomic E-state index is -0.204. The van der Waals surface area contributed by atoms with Gasteiger partial charge >= 0.3 is 0 Å². The number of pyridine rings is 1. The average Bonchev–Trinajstić information content (AvgIpc) is 2.63. The topological polar surface area (TPSA) is 67.8 Å². The summed E-state index contributed by atoms with van der Waals surface area (Å²) in [5, 5.41) is 2.73. The van der Waals surface area contributed by atoms with Crippen LogP contribution in [0.15, 0.2) is 61.2 Å². The maximum absolute atomic E-state index is 12.2. The van der Waals surface area contributed by atoms with E-state index >= 15 is 0 Å². The van der Waals surface area contributed by atoms with E-state index in [4.69, 9.17) is 0 Å². The third kappa shape index (κ3) is 3.58. The first-order valence-corrected chi connectivity index (χ1v) is 7.39. The van der Waals surface area contributed by atoms with Crippen LogP contribution in [0, 0.1) is 0 Å². The molecule has 0 bridgehead atoms. The minimum absolute atomic E-state index is 0.204. The zero-order valence-corrected chi connectivity index (χ0v) is 12.7. The quantitative estimate of drug-likeness (QED) is 0.802. The number of nitrogens with zero attached hydrogens (tertiary/aromatic N) is 3. The minimum Gasteiger partial charge on any atom is -0.306 e. The molecule has 0 saturated carbocycles. The Morgan fingerprint density at radius 2 is 1.87 bits per heavy atom. The highest BCUT2D eigenvalue weighted by Gasteiger charge is 2.07. The predicted octanol–water partition coefficient (Wildman–Crippen LogP) is 3.35. The lowest BCUT2D eigenvalue weighted by atomic mass is 10.1. The van der Waals surface area contributed by atoms with Crippen molar-refractivity contribution in [2.24, 2.45) is 0 Å². The molecule has 0 unspecified atom stereocenters. The molecule has 5 nitrogen and oxygen atoms in total. The highest BCUT2D eigenvalue weighted by molar-refractivity contribution is 6.03. The summed E-state index contributed by atoms with van der Waals surface area (Å²) in [6.07, 6.45) is 5.82. The Morgan fingerprint density at radius 3 is 2.48 bits per heavy atom. The number of amides is 1. The van der Waals surface area contributed by atoms with Gasteiger partial charge in [0.25, 0.3) is 5.91 Å². The van der Waals surface area contributed by atoms with Crippen LogP contribution in [0.2, 0.25) is 0 Å². The SMILES string of the molecule is CCc1ccc(-c2ccc(C(=O)Nc3ccncn3)cc2)nc1. The van der Waals surface area contributed by atoms with Gasteiger partial charge in [0.15, 0.2) is 0 Å². The van der Waals surface area contributed by atoms with Gasteiger partial charge < -0.3 is 5.32 Å². The van der Waals surface area contributed by atoms with Crippen LogP contribution in [0.5, 0.6) is 0 Å². The maximum Gasteiger partial charge on any atom is 0.256 e. The van der Waals surface area contributed by atoms with Crippen LogP contribution in [-0.4, -0.2) is 20.9 Å². The second-order valence-corrected chi connectivity index (χ2v) is 5.03. The zero-order valence-electron chi connectivity index (χ0n) is 12.7. The zero-order chi connectivity index (χ0) is 16.1. The van der Waals surface area contributed by atoms with Crippen LogP contribution >= 0.6 is 0 Å². The van der Waals surface area contributed by atoms with Crippen molar-refractivity contribution in [2.45, 2.75) is 13.3 Å². The van der Waals surface area contributed by atoms with Gasteiger partial charge in [0.1, 0.15) is 12.1 Å². The maximum atomic E-state index is 12.2. The van der Waals surface area contributed by atoms with Crippen LogP contribution < -0.4 is 5.32 Å². The van der Waals surface area contributed by atoms with Crippen LogP contribution in [0.4, 0.5) is 5.82 Å². The summed E-state index contributed by atoms with van der Waals surface area (Å²) in [6, 6.07) is 13.0. The Morgan fingerprint density at radius 1 is 1.04 bits per heavy atom. The first kappa shape index (κ1) is 14.8. The Bertz CT molecular complexity index is 784. The third-order valence-electron chi connectivity index (χ3n) is 3.50. The summed E-state index contributed by atoms with van der Waals surface area (Å²) in [6.45, 7) is 2.10. The molecular weight excluding hydrogens is 288 g/mol. The van der Waals surface area contributed by atoms with E-state index in [1.807, 2.05) is 24.4 Å². The first-order valence-electron chi connectivity index (χ1n) is 7.39. The number of hydrogen-bond acceptors (Lipinski definition) is 4. The molecule has 1 aromatic carbocycles. The van der Waals surface area contributed by atoms with Crippen molar-refractivity contribution in [3.05, 3.63) is 72.3 Å². The van der Waals surface area contributed by atoms with E-state index < -0.39 is 0 Å². The highest BCUT2D eigenvalue weighted by Crippen LogP contribution is 2.18. The van der Waals surface area contributed by atoms with Crippen molar-refractivity contribution in [3.63, 3.8) is 0 Å². The largest absolute Gasteiger partial charge is 0.306 e. The van der Waals surface area contributed by atoms with Crippen molar-refractivity contribution >= 4 is 11.7 Å². The molecule has 0 aliphatic carbocycles. The van der Waals surface area contributed by atoms with E-state index in [-0.39, 0.29) is 5.91 Å². The standard InChI is InChI=1S/C18H16N4O/c1-2-13-3-8-16(20-11-13)14-4-6-15(7-5-14)18(23)22-17-9-10-19-12-21-17/h3-12H,2H2,1H3,(H,19,21,22,23). The van der Waals surface area contributed by atoms with Gasteiger partial charge in [0.2, 0.25) is 0 Å². The second kappa shape index (κ2) is 6.79. The molecule has 0 fully saturated rings. The second-order valence-electron chi connectivity index (χ2n) is 5.03. The van der Waals surface area contributed by atoms with E-state index in [9.17, 15) is 4.79 Å². The summed E-state index contributed by atoms with van der Waals surface area (Å²) in [5.41, 5.74) is 3.64. The smallest absolute Gasteiger partial charge is 0.256 e. The molecule has 5 heteroatoms. The third-order valence-corrected chi connectivity index (χ3v) is 3.50. The summed E-state index contributed by atoms with van der Waals surface area (Å²) < 4.78 is 0. The van der Waals surface area contributed by atoms with Crippen molar-refractivity contribution in [2.75, 3.05) is 5.32 Å². The van der Waals surface area contributed by atoms with Gasteiger partial charge in [-0.25, -0.2) is 9.97 Å². The first-order chi connectivity index (χ1) is 11.3. The summed E-state index contributed by atoms with van der Waals surface area (Å²) in [4.78, 5) is 24.4. The van der Waals surface area contributed by atoms with Gasteiger partial charge in [0.05, 0.1) is 5.69 Å². The molecule has 114 valence electrons. The Hall–Kier alpha value is -3.08. The number of rotatable bonds is 4. The van der Waals surface area contributed by atoms with Crippen LogP contribution in [0.3, 0.4) is 0 Å². The molecule has 0 saturated heterocycles. The lowest BCUT2D eigenvalue weighted by Gasteiger charge is -2.06. The lowest BCUT2D eigenvalue weighted by Crippen LogP contribution is -2.12. The summed E-state index contributed by atoms with van der Waals surface area (Å²) >= 11 is 0. The fourth-order valence-electron chi connectivity index (χ4n) is 2.15. The number of hydrogen-bond donors (Lipinski definition) is 1. The normalized spacial score (nSPS) is 10.3. The Labute approximate surface area is 134 Å². The molecule has 3 rings (SSSR count). The fraction of sp³-hybridized carbons (Fsp3) is 0.111. The highest BCUT2D eigenvalue weighted by atomic mass is 16.1. The molecule has 0 aliphatic rings. The van der Waals surface area contributed by atoms with Crippen molar-refractivity contribution < 1.29 is 4.79 Å². The van der Waals surface area contributed by atoms with Gasteiger partial charge in [-0.05, 0) is 36.2 Å². The summed E-state index contributed by atoms with van der Waals surface area (Å²) in [5.74, 6) is 0.274. The fourth-order valence-corrected chi connectivity index (χ4v) is 2.15. The monoisotopic (exact) mass is 304 g/mol. The number of anilines is 1. The van der Waals surface area contributed by atoms with E-state index in [2.05, 4.69) is 33.3 Å². The number of aromatic nitrogens is 3. The number of carbonyl (C=O) groups is 1. The molecule has 2 heterocycles. The lowest BCUT2D eigenvalue weighted by molar-refractivity contribution is 0.102. The van der Waals surface area contributed by atoms with Crippen molar-refractivity contribution in [1.29, 1.82) is 0 Å². The molecule has 1 amide bonds. The molecular formula is C18H16N4O. The van der Waals surface area contributed by atoms with E-state index in [0.717, 1.165) is 17.7 Å². The van der Waals surface area contributed by atoms with Gasteiger partial charge in [0, 0.05) is 23.5 Å². The Kier molecular flexibility index (Phi) is 4.38. The molecule has 2 aromatic heterocycles. The van der Waals surface area contributed by atoms with E-state index in [1.165, 1.54) is 11.9 Å². The van der Waals surface area contributed by atoms with Crippen LogP contribution in [-0.2, 0) is 6.42 Å². The molecule has 23 heavy (non-hydrogen) atoms. The van der Waals surface area contributed by atoms with Crippen molar-refractivity contribution in [1.82, 2.24) is 15.0 Å². The molecule has 0 aliphatic heterocycles. The molecule has 0 atom stereocenters. The summed E-state index contributed by atoms with van der Waals surface area (Å²) in [7, 11) is 0. The van der Waals surface area contributed by atoms with E-state index in [1.54, 1.807) is 24.4 Å². The number of carbonyl (C=O) groups excluding carboxylic acids is 1. The molecule has 0 spiro atoms. The van der Waals surface area contributed by atoms with Gasteiger partial charge in [-0.15, -0.1) is 0 Å². The van der Waals surface area contributed by atoms with Crippen LogP contribution in [0.25, 0.3) is 11.3 Å². The number of nitrogens with one attached hydrogen (secondary N) is 1. The molecule has 0 radical (unpaired) electrons. The molecule has 1 N–H and O–H groups in total. The Balaban J connectivity index is 1.74. The van der Waals surface area contributed by atoms with E-state index in [0.29, 0.717) is 11.4 Å². The molecule has 3 aromatic rings. The van der Waals surface area contributed by atoms with Gasteiger partial charge in [-0.3, -0.25) is 9.78 Å². The van der Waals surface area contributed by atoms with Gasteiger partial charge in [-0.2, -0.15) is 0 Å². The average molecular weight is 304 g/mol. The van der Waals surface area contributed by atoms with Gasteiger partial charge in [-0.1, -0.05) is 25.1 Å². The van der Waals surface area contributed by atoms with Crippen molar-refractivity contribution in [3.8, 4) is 11.3 Å². The predicted molar refractivity (Wildman–Crippen MR) is 89.0 cm³/mol.